The Kier molecular flexibility index (Phi) is 4.18. The van der Waals surface area contributed by atoms with Crippen molar-refractivity contribution in [3.8, 4) is 0 Å². The number of alkyl halides is 2. The van der Waals surface area contributed by atoms with Crippen LogP contribution < -0.4 is 5.73 Å². The highest BCUT2D eigenvalue weighted by Gasteiger charge is 2.13. The molecule has 0 unspecified atom stereocenters. The van der Waals surface area contributed by atoms with Crippen molar-refractivity contribution >= 4 is 12.4 Å². The van der Waals surface area contributed by atoms with E-state index in [0.29, 0.717) is 6.08 Å². The van der Waals surface area contributed by atoms with E-state index in [9.17, 15) is 8.78 Å². The topological polar surface area (TPSA) is 26.0 Å². The van der Waals surface area contributed by atoms with Crippen molar-refractivity contribution in [2.45, 2.75) is 6.05 Å². The maximum absolute atomic E-state index is 11.1. The molecule has 0 heterocycles. The van der Waals surface area contributed by atoms with Crippen molar-refractivity contribution < 1.29 is 8.78 Å². The lowest BCUT2D eigenvalue weighted by Crippen LogP contribution is -2.24. The van der Waals surface area contributed by atoms with Crippen LogP contribution in [-0.4, -0.2) is 6.05 Å². The summed E-state index contributed by atoms with van der Waals surface area (Å²) in [6.45, 7) is 2.76. The summed E-state index contributed by atoms with van der Waals surface area (Å²) in [6.07, 6.45) is 0.382. The van der Waals surface area contributed by atoms with E-state index in [1.165, 1.54) is 0 Å². The fraction of sp³-hybridized carbons (Fsp3) is 0.333. The molecule has 0 bridgehead atoms. The molecule has 1 nitrogen and oxygen atoms in total. The molecule has 4 heteroatoms. The van der Waals surface area contributed by atoms with Gasteiger partial charge in [-0.05, 0) is 6.08 Å². The van der Waals surface area contributed by atoms with E-state index in [4.69, 9.17) is 0 Å². The van der Waals surface area contributed by atoms with Crippen LogP contribution in [-0.2, 0) is 0 Å². The molecule has 0 aliphatic carbocycles. The first-order valence-electron chi connectivity index (χ1n) is 1.36. The summed E-state index contributed by atoms with van der Waals surface area (Å²) in [5, 5.41) is 0. The standard InChI is InChI=1S/C3H5F2N.ClH/c1-2-3(4,5)6;/h2H,1,6H2;1H. The number of nitrogens with two attached hydrogens (primary N) is 1. The van der Waals surface area contributed by atoms with Gasteiger partial charge in [-0.15, -0.1) is 12.4 Å². The van der Waals surface area contributed by atoms with Crippen molar-refractivity contribution in [2.24, 2.45) is 5.73 Å². The highest BCUT2D eigenvalue weighted by molar-refractivity contribution is 5.85. The maximum Gasteiger partial charge on any atom is 0.319 e. The molecule has 0 radical (unpaired) electrons. The predicted octanol–water partition coefficient (Wildman–Crippen LogP) is 1.15. The molecule has 0 aliphatic heterocycles. The number of rotatable bonds is 1. The third-order valence-electron chi connectivity index (χ3n) is 0.272. The molecule has 7 heavy (non-hydrogen) atoms. The van der Waals surface area contributed by atoms with E-state index in [1.807, 2.05) is 0 Å². The Bertz CT molecular complexity index is 58.4. The van der Waals surface area contributed by atoms with Gasteiger partial charge in [-0.25, -0.2) is 0 Å². The summed E-state index contributed by atoms with van der Waals surface area (Å²) in [5.74, 6) is 0. The minimum atomic E-state index is -3.19. The van der Waals surface area contributed by atoms with Crippen molar-refractivity contribution in [3.05, 3.63) is 12.7 Å². The molecule has 0 amide bonds. The molecule has 2 N–H and O–H groups in total. The molecule has 0 aromatic heterocycles. The first kappa shape index (κ1) is 9.97. The minimum absolute atomic E-state index is 0. The van der Waals surface area contributed by atoms with Crippen molar-refractivity contribution in [3.63, 3.8) is 0 Å². The molecule has 0 rings (SSSR count). The van der Waals surface area contributed by atoms with Gasteiger partial charge in [0.2, 0.25) is 0 Å². The lowest BCUT2D eigenvalue weighted by molar-refractivity contribution is 0.0635. The van der Waals surface area contributed by atoms with Crippen LogP contribution in [0.5, 0.6) is 0 Å². The fourth-order valence-electron chi connectivity index (χ4n) is 0. The van der Waals surface area contributed by atoms with E-state index in [-0.39, 0.29) is 12.4 Å². The summed E-state index contributed by atoms with van der Waals surface area (Å²) in [4.78, 5) is 0. The lowest BCUT2D eigenvalue weighted by Gasteiger charge is -1.97. The average Bonchev–Trinajstić information content (AvgIpc) is 1.35. The van der Waals surface area contributed by atoms with E-state index < -0.39 is 6.05 Å². The van der Waals surface area contributed by atoms with Gasteiger partial charge in [0.25, 0.3) is 0 Å². The average molecular weight is 130 g/mol. The van der Waals surface area contributed by atoms with Gasteiger partial charge in [0.15, 0.2) is 0 Å². The van der Waals surface area contributed by atoms with E-state index in [0.717, 1.165) is 0 Å². The summed E-state index contributed by atoms with van der Waals surface area (Å²) in [6, 6.07) is -3.19. The van der Waals surface area contributed by atoms with Crippen LogP contribution in [0.25, 0.3) is 0 Å². The van der Waals surface area contributed by atoms with Crippen LogP contribution in [0.3, 0.4) is 0 Å². The molecular formula is C3H6ClF2N. The van der Waals surface area contributed by atoms with Gasteiger partial charge in [0.1, 0.15) is 0 Å². The summed E-state index contributed by atoms with van der Waals surface area (Å²) < 4.78 is 22.2. The molecule has 0 atom stereocenters. The Labute approximate surface area is 46.6 Å². The fourth-order valence-corrected chi connectivity index (χ4v) is 0. The maximum atomic E-state index is 11.1. The molecular weight excluding hydrogens is 123 g/mol. The van der Waals surface area contributed by atoms with Gasteiger partial charge in [-0.2, -0.15) is 8.78 Å². The quantitative estimate of drug-likeness (QED) is 0.417. The van der Waals surface area contributed by atoms with Crippen molar-refractivity contribution in [2.75, 3.05) is 0 Å². The molecule has 44 valence electrons. The van der Waals surface area contributed by atoms with E-state index >= 15 is 0 Å². The first-order valence-corrected chi connectivity index (χ1v) is 1.36. The second-order valence-electron chi connectivity index (χ2n) is 0.879. The Morgan fingerprint density at radius 3 is 1.71 bits per heavy atom. The molecule has 0 aromatic rings. The van der Waals surface area contributed by atoms with Gasteiger partial charge in [-0.3, -0.25) is 5.73 Å². The molecule has 0 saturated heterocycles. The van der Waals surface area contributed by atoms with Crippen LogP contribution in [0.4, 0.5) is 8.78 Å². The summed E-state index contributed by atoms with van der Waals surface area (Å²) in [5.41, 5.74) is 4.08. The van der Waals surface area contributed by atoms with Crippen LogP contribution in [0.2, 0.25) is 0 Å². The van der Waals surface area contributed by atoms with Crippen LogP contribution in [0, 0.1) is 0 Å². The van der Waals surface area contributed by atoms with Gasteiger partial charge in [0.05, 0.1) is 0 Å². The highest BCUT2D eigenvalue weighted by atomic mass is 35.5. The third-order valence-corrected chi connectivity index (χ3v) is 0.272. The van der Waals surface area contributed by atoms with Crippen molar-refractivity contribution in [1.29, 1.82) is 0 Å². The van der Waals surface area contributed by atoms with Gasteiger partial charge >= 0.3 is 6.05 Å². The largest absolute Gasteiger partial charge is 0.319 e. The minimum Gasteiger partial charge on any atom is -0.268 e. The Morgan fingerprint density at radius 1 is 1.57 bits per heavy atom. The molecule has 0 aromatic carbocycles. The monoisotopic (exact) mass is 129 g/mol. The molecule has 0 fully saturated rings. The second-order valence-corrected chi connectivity index (χ2v) is 0.879. The summed E-state index contributed by atoms with van der Waals surface area (Å²) in [7, 11) is 0. The van der Waals surface area contributed by atoms with Gasteiger partial charge < -0.3 is 0 Å². The second kappa shape index (κ2) is 2.93. The van der Waals surface area contributed by atoms with Crippen LogP contribution in [0.15, 0.2) is 12.7 Å². The van der Waals surface area contributed by atoms with Crippen molar-refractivity contribution in [1.82, 2.24) is 0 Å². The molecule has 0 spiro atoms. The Hall–Kier alpha value is -0.150. The SMILES string of the molecule is C=CC(N)(F)F.Cl. The summed E-state index contributed by atoms with van der Waals surface area (Å²) >= 11 is 0. The normalized spacial score (nSPS) is 9.57. The van der Waals surface area contributed by atoms with Gasteiger partial charge in [-0.1, -0.05) is 6.58 Å². The zero-order valence-corrected chi connectivity index (χ0v) is 4.34. The predicted molar refractivity (Wildman–Crippen MR) is 26.6 cm³/mol. The van der Waals surface area contributed by atoms with Crippen LogP contribution >= 0.6 is 12.4 Å². The zero-order valence-electron chi connectivity index (χ0n) is 3.53. The number of halogens is 3. The number of hydrogen-bond acceptors (Lipinski definition) is 1. The van der Waals surface area contributed by atoms with Gasteiger partial charge in [0, 0.05) is 0 Å². The highest BCUT2D eigenvalue weighted by Crippen LogP contribution is 2.01. The Morgan fingerprint density at radius 2 is 1.71 bits per heavy atom. The van der Waals surface area contributed by atoms with E-state index in [2.05, 4.69) is 12.3 Å². The Balaban J connectivity index is 0. The molecule has 0 aliphatic rings. The lowest BCUT2D eigenvalue weighted by atomic mass is 10.6. The first-order chi connectivity index (χ1) is 2.56. The zero-order chi connectivity index (χ0) is 5.21. The smallest absolute Gasteiger partial charge is 0.268 e. The third kappa shape index (κ3) is 10.7. The number of hydrogen-bond donors (Lipinski definition) is 1. The van der Waals surface area contributed by atoms with E-state index in [1.54, 1.807) is 0 Å². The molecule has 0 saturated carbocycles. The van der Waals surface area contributed by atoms with Crippen LogP contribution in [0.1, 0.15) is 0 Å².